The minimum atomic E-state index is 1.17. The van der Waals surface area contributed by atoms with Crippen LogP contribution in [0.5, 0.6) is 0 Å². The third-order valence-corrected chi connectivity index (χ3v) is 2.47. The number of hydrogen-bond donors (Lipinski definition) is 0. The van der Waals surface area contributed by atoms with Gasteiger partial charge < -0.3 is 0 Å². The summed E-state index contributed by atoms with van der Waals surface area (Å²) in [4.78, 5) is 0. The molecule has 0 aliphatic carbocycles. The third-order valence-electron chi connectivity index (χ3n) is 1.76. The van der Waals surface area contributed by atoms with Crippen molar-refractivity contribution in [3.63, 3.8) is 0 Å². The summed E-state index contributed by atoms with van der Waals surface area (Å²) in [5, 5.41) is 0. The molecule has 0 aromatic heterocycles. The highest BCUT2D eigenvalue weighted by Crippen LogP contribution is 2.17. The van der Waals surface area contributed by atoms with Crippen LogP contribution in [0.4, 0.5) is 0 Å². The zero-order valence-corrected chi connectivity index (χ0v) is 7.32. The van der Waals surface area contributed by atoms with Crippen LogP contribution in [0.2, 0.25) is 0 Å². The van der Waals surface area contributed by atoms with Crippen molar-refractivity contribution in [2.24, 2.45) is 0 Å². The molecule has 0 atom stereocenters. The van der Waals surface area contributed by atoms with Gasteiger partial charge in [-0.05, 0) is 19.8 Å². The van der Waals surface area contributed by atoms with Gasteiger partial charge in [-0.25, -0.2) is 3.93 Å². The molecular weight excluding hydrogens is 178 g/mol. The summed E-state index contributed by atoms with van der Waals surface area (Å²) in [6, 6.07) is 0. The minimum absolute atomic E-state index is 1.17. The highest BCUT2D eigenvalue weighted by atomic mass is 79.9. The molecule has 1 nitrogen and oxygen atoms in total. The van der Waals surface area contributed by atoms with E-state index in [1.807, 2.05) is 0 Å². The van der Waals surface area contributed by atoms with Crippen LogP contribution in [-0.4, -0.2) is 17.0 Å². The highest BCUT2D eigenvalue weighted by Gasteiger charge is 2.08. The van der Waals surface area contributed by atoms with Gasteiger partial charge in [0.15, 0.2) is 0 Å². The maximum absolute atomic E-state index is 3.45. The van der Waals surface area contributed by atoms with E-state index in [0.29, 0.717) is 0 Å². The Bertz CT molecular complexity index is 110. The maximum atomic E-state index is 3.45. The van der Waals surface area contributed by atoms with Gasteiger partial charge in [0.2, 0.25) is 0 Å². The molecule has 0 aromatic rings. The Hall–Kier alpha value is 0.180. The summed E-state index contributed by atoms with van der Waals surface area (Å²) in [6.45, 7) is 4.46. The normalized spacial score (nSPS) is 22.2. The van der Waals surface area contributed by atoms with Crippen LogP contribution in [0.15, 0.2) is 11.6 Å². The molecule has 0 amide bonds. The fourth-order valence-electron chi connectivity index (χ4n) is 1.06. The Labute approximate surface area is 65.1 Å². The van der Waals surface area contributed by atoms with Crippen molar-refractivity contribution in [3.8, 4) is 0 Å². The monoisotopic (exact) mass is 189 g/mol. The summed E-state index contributed by atoms with van der Waals surface area (Å²) in [6.07, 6.45) is 4.71. The molecule has 52 valence electrons. The molecule has 1 heterocycles. The van der Waals surface area contributed by atoms with E-state index < -0.39 is 0 Å². The van der Waals surface area contributed by atoms with E-state index in [2.05, 4.69) is 33.1 Å². The van der Waals surface area contributed by atoms with E-state index >= 15 is 0 Å². The molecule has 9 heavy (non-hydrogen) atoms. The molecule has 1 fully saturated rings. The SMILES string of the molecule is CC=C1CCN(Br)CC1. The third kappa shape index (κ3) is 2.11. The summed E-state index contributed by atoms with van der Waals surface area (Å²) in [7, 11) is 0. The van der Waals surface area contributed by atoms with Crippen molar-refractivity contribution in [2.75, 3.05) is 13.1 Å². The quantitative estimate of drug-likeness (QED) is 0.418. The topological polar surface area (TPSA) is 3.24 Å². The molecule has 1 aliphatic heterocycles. The molecule has 0 saturated carbocycles. The summed E-state index contributed by atoms with van der Waals surface area (Å²) < 4.78 is 2.19. The highest BCUT2D eigenvalue weighted by molar-refractivity contribution is 9.07. The zero-order chi connectivity index (χ0) is 6.69. The Morgan fingerprint density at radius 1 is 1.44 bits per heavy atom. The van der Waals surface area contributed by atoms with Gasteiger partial charge in [0.25, 0.3) is 0 Å². The first-order valence-corrected chi connectivity index (χ1v) is 4.08. The van der Waals surface area contributed by atoms with Gasteiger partial charge >= 0.3 is 0 Å². The zero-order valence-electron chi connectivity index (χ0n) is 5.73. The lowest BCUT2D eigenvalue weighted by molar-refractivity contribution is 0.448. The van der Waals surface area contributed by atoms with Crippen LogP contribution in [0.1, 0.15) is 19.8 Å². The van der Waals surface area contributed by atoms with Crippen LogP contribution in [0.25, 0.3) is 0 Å². The largest absolute Gasteiger partial charge is 0.242 e. The van der Waals surface area contributed by atoms with Crippen molar-refractivity contribution in [1.82, 2.24) is 3.93 Å². The lowest BCUT2D eigenvalue weighted by atomic mass is 10.1. The number of halogens is 1. The predicted octanol–water partition coefficient (Wildman–Crippen LogP) is 2.34. The number of allylic oxidation sites excluding steroid dienone is 1. The van der Waals surface area contributed by atoms with Crippen LogP contribution in [0, 0.1) is 0 Å². The fourth-order valence-corrected chi connectivity index (χ4v) is 1.41. The number of rotatable bonds is 0. The lowest BCUT2D eigenvalue weighted by Crippen LogP contribution is -2.20. The van der Waals surface area contributed by atoms with E-state index in [9.17, 15) is 0 Å². The average molecular weight is 190 g/mol. The Morgan fingerprint density at radius 2 is 2.00 bits per heavy atom. The average Bonchev–Trinajstić information content (AvgIpc) is 1.90. The Balaban J connectivity index is 2.35. The van der Waals surface area contributed by atoms with Crippen molar-refractivity contribution >= 4 is 16.1 Å². The molecule has 1 aliphatic rings. The van der Waals surface area contributed by atoms with E-state index in [-0.39, 0.29) is 0 Å². The second-order valence-corrected chi connectivity index (χ2v) is 3.36. The first kappa shape index (κ1) is 7.29. The molecule has 0 unspecified atom stereocenters. The second kappa shape index (κ2) is 3.37. The molecule has 1 rings (SSSR count). The summed E-state index contributed by atoms with van der Waals surface area (Å²) in [5.74, 6) is 0. The van der Waals surface area contributed by atoms with Gasteiger partial charge in [-0.15, -0.1) is 0 Å². The van der Waals surface area contributed by atoms with E-state index in [4.69, 9.17) is 0 Å². The molecule has 0 spiro atoms. The molecule has 0 bridgehead atoms. The maximum Gasteiger partial charge on any atom is 0.0130 e. The first-order valence-electron chi connectivity index (χ1n) is 3.37. The Kier molecular flexibility index (Phi) is 2.73. The number of piperidine rings is 1. The van der Waals surface area contributed by atoms with E-state index in [0.717, 1.165) is 0 Å². The molecular formula is C7H12BrN. The van der Waals surface area contributed by atoms with Crippen molar-refractivity contribution < 1.29 is 0 Å². The minimum Gasteiger partial charge on any atom is -0.242 e. The van der Waals surface area contributed by atoms with E-state index in [1.165, 1.54) is 25.9 Å². The van der Waals surface area contributed by atoms with Gasteiger partial charge in [0.1, 0.15) is 0 Å². The molecule has 0 N–H and O–H groups in total. The van der Waals surface area contributed by atoms with Gasteiger partial charge in [-0.3, -0.25) is 0 Å². The smallest absolute Gasteiger partial charge is 0.0130 e. The fraction of sp³-hybridized carbons (Fsp3) is 0.714. The van der Waals surface area contributed by atoms with Gasteiger partial charge in [0, 0.05) is 29.2 Å². The van der Waals surface area contributed by atoms with Crippen LogP contribution in [0.3, 0.4) is 0 Å². The first-order chi connectivity index (χ1) is 4.33. The van der Waals surface area contributed by atoms with Crippen LogP contribution >= 0.6 is 16.1 Å². The molecule has 0 radical (unpaired) electrons. The molecule has 0 aromatic carbocycles. The van der Waals surface area contributed by atoms with Crippen molar-refractivity contribution in [3.05, 3.63) is 11.6 Å². The van der Waals surface area contributed by atoms with Crippen molar-refractivity contribution in [2.45, 2.75) is 19.8 Å². The number of hydrogen-bond acceptors (Lipinski definition) is 1. The van der Waals surface area contributed by atoms with E-state index in [1.54, 1.807) is 5.57 Å². The van der Waals surface area contributed by atoms with Gasteiger partial charge in [-0.1, -0.05) is 11.6 Å². The van der Waals surface area contributed by atoms with Gasteiger partial charge in [0.05, 0.1) is 0 Å². The summed E-state index contributed by atoms with van der Waals surface area (Å²) in [5.41, 5.74) is 1.60. The van der Waals surface area contributed by atoms with Gasteiger partial charge in [-0.2, -0.15) is 0 Å². The van der Waals surface area contributed by atoms with Crippen molar-refractivity contribution in [1.29, 1.82) is 0 Å². The van der Waals surface area contributed by atoms with Crippen LogP contribution in [-0.2, 0) is 0 Å². The standard InChI is InChI=1S/C7H12BrN/c1-2-7-3-5-9(8)6-4-7/h2H,3-6H2,1H3. The van der Waals surface area contributed by atoms with Crippen LogP contribution < -0.4 is 0 Å². The second-order valence-electron chi connectivity index (χ2n) is 2.36. The molecule has 2 heteroatoms. The molecule has 1 saturated heterocycles. The number of nitrogens with zero attached hydrogens (tertiary/aromatic N) is 1. The predicted molar refractivity (Wildman–Crippen MR) is 43.5 cm³/mol. The Morgan fingerprint density at radius 3 is 2.44 bits per heavy atom. The summed E-state index contributed by atoms with van der Waals surface area (Å²) >= 11 is 3.45. The lowest BCUT2D eigenvalue weighted by Gasteiger charge is -2.21.